The summed E-state index contributed by atoms with van der Waals surface area (Å²) < 4.78 is 41.4. The summed E-state index contributed by atoms with van der Waals surface area (Å²) in [6.45, 7) is -0.413. The molecule has 0 spiro atoms. The van der Waals surface area contributed by atoms with Crippen molar-refractivity contribution in [1.82, 2.24) is 14.5 Å². The molecule has 1 saturated heterocycles. The van der Waals surface area contributed by atoms with Gasteiger partial charge in [-0.05, 0) is 35.4 Å². The van der Waals surface area contributed by atoms with E-state index in [0.29, 0.717) is 5.56 Å². The van der Waals surface area contributed by atoms with Gasteiger partial charge in [-0.25, -0.2) is 12.8 Å². The number of carboxylic acids is 1. The first-order valence-electron chi connectivity index (χ1n) is 12.3. The Morgan fingerprint density at radius 1 is 1.02 bits per heavy atom. The lowest BCUT2D eigenvalue weighted by Gasteiger charge is -2.30. The van der Waals surface area contributed by atoms with Crippen molar-refractivity contribution < 1.29 is 37.2 Å². The Kier molecular flexibility index (Phi) is 8.74. The van der Waals surface area contributed by atoms with Crippen molar-refractivity contribution in [3.05, 3.63) is 106 Å². The molecule has 1 aliphatic rings. The molecule has 41 heavy (non-hydrogen) atoms. The van der Waals surface area contributed by atoms with Gasteiger partial charge < -0.3 is 15.3 Å². The number of nitrogens with zero attached hydrogens (tertiary/aromatic N) is 3. The van der Waals surface area contributed by atoms with Crippen LogP contribution in [-0.4, -0.2) is 64.7 Å². The summed E-state index contributed by atoms with van der Waals surface area (Å²) in [5.74, 6) is -3.57. The molecule has 3 aromatic rings. The number of carbonyl (C=O) groups excluding carboxylic acids is 2. The van der Waals surface area contributed by atoms with Gasteiger partial charge in [0.1, 0.15) is 5.82 Å². The number of non-ortho nitro benzene ring substituents is 1. The van der Waals surface area contributed by atoms with Gasteiger partial charge in [0, 0.05) is 25.2 Å². The highest BCUT2D eigenvalue weighted by molar-refractivity contribution is 7.89. The van der Waals surface area contributed by atoms with E-state index in [4.69, 9.17) is 0 Å². The molecule has 14 heteroatoms. The van der Waals surface area contributed by atoms with Crippen molar-refractivity contribution in [1.29, 1.82) is 0 Å². The summed E-state index contributed by atoms with van der Waals surface area (Å²) in [5, 5.41) is 23.2. The number of nitro groups is 1. The molecule has 2 atom stereocenters. The standard InChI is InChI=1S/C27H25FN4O8S/c28-20-9-11-22(12-10-20)41(39,40)31-14-13-30(24(33)15-18-5-2-1-3-6-18)27(31)26(36)29-23(17-25(34)35)19-7-4-8-21(16-19)32(37)38/h1-12,16,23,27H,13-15,17H2,(H,29,36)(H,34,35). The lowest BCUT2D eigenvalue weighted by Crippen LogP contribution is -2.54. The molecular formula is C27H25FN4O8S. The third-order valence-corrected chi connectivity index (χ3v) is 8.35. The molecule has 1 fully saturated rings. The molecule has 1 aliphatic heterocycles. The van der Waals surface area contributed by atoms with Crippen LogP contribution in [0.4, 0.5) is 10.1 Å². The summed E-state index contributed by atoms with van der Waals surface area (Å²) in [7, 11) is -4.42. The number of nitro benzene ring substituents is 1. The number of amides is 2. The number of carboxylic acid groups (broad SMARTS) is 1. The van der Waals surface area contributed by atoms with Gasteiger partial charge in [-0.2, -0.15) is 4.31 Å². The zero-order chi connectivity index (χ0) is 29.7. The van der Waals surface area contributed by atoms with Gasteiger partial charge in [0.25, 0.3) is 11.6 Å². The van der Waals surface area contributed by atoms with Crippen LogP contribution in [0.1, 0.15) is 23.6 Å². The average molecular weight is 585 g/mol. The number of benzene rings is 3. The first-order chi connectivity index (χ1) is 19.5. The Balaban J connectivity index is 1.70. The number of nitrogens with one attached hydrogen (secondary N) is 1. The zero-order valence-corrected chi connectivity index (χ0v) is 22.2. The second-order valence-corrected chi connectivity index (χ2v) is 11.1. The van der Waals surface area contributed by atoms with E-state index in [1.165, 1.54) is 18.2 Å². The molecular weight excluding hydrogens is 559 g/mol. The predicted octanol–water partition coefficient (Wildman–Crippen LogP) is 2.47. The van der Waals surface area contributed by atoms with Crippen LogP contribution in [0.2, 0.25) is 0 Å². The first-order valence-corrected chi connectivity index (χ1v) is 13.8. The van der Waals surface area contributed by atoms with E-state index < -0.39 is 57.2 Å². The van der Waals surface area contributed by atoms with E-state index in [0.717, 1.165) is 39.5 Å². The third kappa shape index (κ3) is 6.73. The number of aliphatic carboxylic acids is 1. The van der Waals surface area contributed by atoms with Crippen molar-refractivity contribution in [2.24, 2.45) is 0 Å². The molecule has 2 amide bonds. The molecule has 1 heterocycles. The third-order valence-electron chi connectivity index (χ3n) is 6.48. The van der Waals surface area contributed by atoms with Crippen LogP contribution < -0.4 is 5.32 Å². The average Bonchev–Trinajstić information content (AvgIpc) is 3.40. The maximum Gasteiger partial charge on any atom is 0.305 e. The van der Waals surface area contributed by atoms with Gasteiger partial charge in [0.2, 0.25) is 15.9 Å². The van der Waals surface area contributed by atoms with Crippen LogP contribution in [0.5, 0.6) is 0 Å². The summed E-state index contributed by atoms with van der Waals surface area (Å²) in [6.07, 6.45) is -2.53. The number of hydrogen-bond donors (Lipinski definition) is 2. The SMILES string of the molecule is O=C(O)CC(NC(=O)C1N(C(=O)Cc2ccccc2)CCN1S(=O)(=O)c1ccc(F)cc1)c1cccc([N+](=O)[O-])c1. The van der Waals surface area contributed by atoms with Crippen LogP contribution in [-0.2, 0) is 30.8 Å². The highest BCUT2D eigenvalue weighted by Gasteiger charge is 2.47. The molecule has 2 N–H and O–H groups in total. The van der Waals surface area contributed by atoms with Gasteiger partial charge >= 0.3 is 5.97 Å². The second kappa shape index (κ2) is 12.2. The first kappa shape index (κ1) is 29.3. The Bertz CT molecular complexity index is 1570. The van der Waals surface area contributed by atoms with Crippen molar-refractivity contribution in [3.8, 4) is 0 Å². The number of sulfonamides is 1. The minimum absolute atomic E-state index is 0.100. The molecule has 0 aliphatic carbocycles. The van der Waals surface area contributed by atoms with Crippen LogP contribution in [0.25, 0.3) is 0 Å². The van der Waals surface area contributed by atoms with Crippen LogP contribution in [0.3, 0.4) is 0 Å². The number of hydrogen-bond acceptors (Lipinski definition) is 7. The summed E-state index contributed by atoms with van der Waals surface area (Å²) >= 11 is 0. The minimum Gasteiger partial charge on any atom is -0.481 e. The van der Waals surface area contributed by atoms with Crippen LogP contribution in [0, 0.1) is 15.9 Å². The fourth-order valence-corrected chi connectivity index (χ4v) is 6.08. The summed E-state index contributed by atoms with van der Waals surface area (Å²) in [6, 6.07) is 16.3. The minimum atomic E-state index is -4.42. The zero-order valence-electron chi connectivity index (χ0n) is 21.4. The Morgan fingerprint density at radius 2 is 1.71 bits per heavy atom. The fraction of sp³-hybridized carbons (Fsp3) is 0.222. The fourth-order valence-electron chi connectivity index (χ4n) is 4.53. The molecule has 0 saturated carbocycles. The van der Waals surface area contributed by atoms with E-state index in [-0.39, 0.29) is 35.7 Å². The number of rotatable bonds is 10. The van der Waals surface area contributed by atoms with Gasteiger partial charge in [-0.3, -0.25) is 24.5 Å². The van der Waals surface area contributed by atoms with Gasteiger partial charge in [0.15, 0.2) is 6.17 Å². The van der Waals surface area contributed by atoms with E-state index in [1.807, 2.05) is 0 Å². The van der Waals surface area contributed by atoms with Crippen molar-refractivity contribution in [2.45, 2.75) is 29.9 Å². The Hall–Kier alpha value is -4.69. The maximum absolute atomic E-state index is 13.7. The summed E-state index contributed by atoms with van der Waals surface area (Å²) in [5.41, 5.74) is 0.382. The largest absolute Gasteiger partial charge is 0.481 e. The van der Waals surface area contributed by atoms with E-state index in [1.54, 1.807) is 30.3 Å². The normalized spacial score (nSPS) is 16.2. The molecule has 0 bridgehead atoms. The van der Waals surface area contributed by atoms with Gasteiger partial charge in [0.05, 0.1) is 28.7 Å². The van der Waals surface area contributed by atoms with Crippen molar-refractivity contribution >= 4 is 33.5 Å². The number of halogens is 1. The lowest BCUT2D eigenvalue weighted by atomic mass is 10.0. The molecule has 2 unspecified atom stereocenters. The second-order valence-electron chi connectivity index (χ2n) is 9.20. The Labute approximate surface area is 234 Å². The highest BCUT2D eigenvalue weighted by atomic mass is 32.2. The smallest absolute Gasteiger partial charge is 0.305 e. The monoisotopic (exact) mass is 584 g/mol. The van der Waals surface area contributed by atoms with Gasteiger partial charge in [-0.15, -0.1) is 0 Å². The summed E-state index contributed by atoms with van der Waals surface area (Å²) in [4.78, 5) is 50.1. The van der Waals surface area contributed by atoms with Crippen molar-refractivity contribution in [3.63, 3.8) is 0 Å². The molecule has 3 aromatic carbocycles. The quantitative estimate of drug-likeness (QED) is 0.271. The molecule has 214 valence electrons. The maximum atomic E-state index is 13.7. The van der Waals surface area contributed by atoms with E-state index >= 15 is 0 Å². The van der Waals surface area contributed by atoms with Crippen LogP contribution >= 0.6 is 0 Å². The molecule has 4 rings (SSSR count). The lowest BCUT2D eigenvalue weighted by molar-refractivity contribution is -0.384. The van der Waals surface area contributed by atoms with Crippen molar-refractivity contribution in [2.75, 3.05) is 13.1 Å². The molecule has 0 radical (unpaired) electrons. The number of carbonyl (C=O) groups is 3. The van der Waals surface area contributed by atoms with Crippen LogP contribution in [0.15, 0.2) is 83.8 Å². The van der Waals surface area contributed by atoms with E-state index in [2.05, 4.69) is 5.32 Å². The van der Waals surface area contributed by atoms with E-state index in [9.17, 15) is 42.4 Å². The highest BCUT2D eigenvalue weighted by Crippen LogP contribution is 2.28. The Morgan fingerprint density at radius 3 is 2.34 bits per heavy atom. The molecule has 0 aromatic heterocycles. The predicted molar refractivity (Wildman–Crippen MR) is 142 cm³/mol. The topological polar surface area (TPSA) is 167 Å². The van der Waals surface area contributed by atoms with Gasteiger partial charge in [-0.1, -0.05) is 42.5 Å². The molecule has 12 nitrogen and oxygen atoms in total.